The van der Waals surface area contributed by atoms with Crippen LogP contribution in [0.1, 0.15) is 66.2 Å². The van der Waals surface area contributed by atoms with Crippen molar-refractivity contribution >= 4 is 12.0 Å². The van der Waals surface area contributed by atoms with Crippen LogP contribution in [0.25, 0.3) is 0 Å². The Balaban J connectivity index is 4.09. The van der Waals surface area contributed by atoms with Gasteiger partial charge in [0, 0.05) is 6.04 Å². The molecular weight excluding hydrogens is 256 g/mol. The maximum absolute atomic E-state index is 11.8. The van der Waals surface area contributed by atoms with E-state index >= 15 is 0 Å². The van der Waals surface area contributed by atoms with E-state index in [0.29, 0.717) is 6.42 Å². The predicted molar refractivity (Wildman–Crippen MR) is 80.8 cm³/mol. The lowest BCUT2D eigenvalue weighted by molar-refractivity contribution is -0.140. The summed E-state index contributed by atoms with van der Waals surface area (Å²) in [5.74, 6) is -1.07. The van der Waals surface area contributed by atoms with Gasteiger partial charge in [-0.1, -0.05) is 52.9 Å². The first-order valence-corrected chi connectivity index (χ1v) is 7.72. The van der Waals surface area contributed by atoms with Crippen molar-refractivity contribution in [2.45, 2.75) is 78.3 Å². The van der Waals surface area contributed by atoms with Crippen LogP contribution in [0.2, 0.25) is 0 Å². The highest BCUT2D eigenvalue weighted by atomic mass is 16.4. The summed E-state index contributed by atoms with van der Waals surface area (Å²) in [5, 5.41) is 14.5. The summed E-state index contributed by atoms with van der Waals surface area (Å²) in [6.07, 6.45) is 6.31. The topological polar surface area (TPSA) is 78.4 Å². The number of hydrogen-bond donors (Lipinski definition) is 3. The van der Waals surface area contributed by atoms with Crippen LogP contribution in [-0.2, 0) is 4.79 Å². The number of hydrogen-bond acceptors (Lipinski definition) is 2. The summed E-state index contributed by atoms with van der Waals surface area (Å²) in [6.45, 7) is 7.85. The van der Waals surface area contributed by atoms with Gasteiger partial charge in [-0.15, -0.1) is 0 Å². The van der Waals surface area contributed by atoms with Crippen LogP contribution < -0.4 is 10.6 Å². The third-order valence-corrected chi connectivity index (χ3v) is 3.63. The third kappa shape index (κ3) is 8.02. The van der Waals surface area contributed by atoms with Gasteiger partial charge in [0.05, 0.1) is 0 Å². The molecule has 118 valence electrons. The molecule has 3 atom stereocenters. The molecule has 3 N–H and O–H groups in total. The van der Waals surface area contributed by atoms with Crippen molar-refractivity contribution in [1.82, 2.24) is 10.6 Å². The number of amides is 2. The van der Waals surface area contributed by atoms with Crippen LogP contribution >= 0.6 is 0 Å². The number of rotatable bonds is 10. The van der Waals surface area contributed by atoms with E-state index in [9.17, 15) is 9.59 Å². The van der Waals surface area contributed by atoms with Crippen LogP contribution in [0, 0.1) is 5.92 Å². The van der Waals surface area contributed by atoms with Crippen molar-refractivity contribution in [3.63, 3.8) is 0 Å². The first-order valence-electron chi connectivity index (χ1n) is 7.72. The van der Waals surface area contributed by atoms with Crippen LogP contribution in [-0.4, -0.2) is 29.2 Å². The lowest BCUT2D eigenvalue weighted by atomic mass is 9.99. The molecule has 0 bridgehead atoms. The molecule has 0 aromatic heterocycles. The van der Waals surface area contributed by atoms with Gasteiger partial charge in [0.2, 0.25) is 0 Å². The van der Waals surface area contributed by atoms with Crippen molar-refractivity contribution < 1.29 is 14.7 Å². The van der Waals surface area contributed by atoms with E-state index in [1.165, 1.54) is 19.3 Å². The Bertz CT molecular complexity index is 295. The summed E-state index contributed by atoms with van der Waals surface area (Å²) in [5.41, 5.74) is 0. The summed E-state index contributed by atoms with van der Waals surface area (Å²) in [4.78, 5) is 22.9. The van der Waals surface area contributed by atoms with E-state index in [4.69, 9.17) is 5.11 Å². The van der Waals surface area contributed by atoms with E-state index in [-0.39, 0.29) is 18.0 Å². The van der Waals surface area contributed by atoms with Gasteiger partial charge in [-0.25, -0.2) is 9.59 Å². The van der Waals surface area contributed by atoms with Gasteiger partial charge in [-0.3, -0.25) is 0 Å². The maximum Gasteiger partial charge on any atom is 0.326 e. The number of carboxylic acid groups (broad SMARTS) is 1. The van der Waals surface area contributed by atoms with Gasteiger partial charge in [-0.2, -0.15) is 0 Å². The van der Waals surface area contributed by atoms with Gasteiger partial charge in [-0.05, 0) is 19.3 Å². The van der Waals surface area contributed by atoms with E-state index in [2.05, 4.69) is 17.6 Å². The van der Waals surface area contributed by atoms with Crippen LogP contribution in [0.5, 0.6) is 0 Å². The quantitative estimate of drug-likeness (QED) is 0.540. The number of aliphatic carboxylic acids is 1. The molecule has 0 aliphatic heterocycles. The number of carbonyl (C=O) groups excluding carboxylic acids is 1. The zero-order valence-corrected chi connectivity index (χ0v) is 13.2. The third-order valence-electron chi connectivity index (χ3n) is 3.63. The Hall–Kier alpha value is -1.26. The summed E-state index contributed by atoms with van der Waals surface area (Å²) < 4.78 is 0. The lowest BCUT2D eigenvalue weighted by Crippen LogP contribution is -2.50. The van der Waals surface area contributed by atoms with Gasteiger partial charge in [0.1, 0.15) is 6.04 Å². The summed E-state index contributed by atoms with van der Waals surface area (Å²) >= 11 is 0. The number of unbranched alkanes of at least 4 members (excludes halogenated alkanes) is 3. The van der Waals surface area contributed by atoms with Crippen molar-refractivity contribution in [2.24, 2.45) is 5.92 Å². The largest absolute Gasteiger partial charge is 0.480 e. The first-order chi connectivity index (χ1) is 9.42. The van der Waals surface area contributed by atoms with Gasteiger partial charge >= 0.3 is 12.0 Å². The van der Waals surface area contributed by atoms with Gasteiger partial charge in [0.15, 0.2) is 0 Å². The van der Waals surface area contributed by atoms with E-state index in [1.54, 1.807) is 0 Å². The lowest BCUT2D eigenvalue weighted by Gasteiger charge is -2.22. The van der Waals surface area contributed by atoms with Gasteiger partial charge in [0.25, 0.3) is 0 Å². The molecule has 0 aromatic carbocycles. The minimum atomic E-state index is -0.981. The normalized spacial score (nSPS) is 15.2. The molecule has 0 saturated carbocycles. The fraction of sp³-hybridized carbons (Fsp3) is 0.867. The van der Waals surface area contributed by atoms with E-state index in [1.807, 2.05) is 20.8 Å². The zero-order valence-electron chi connectivity index (χ0n) is 13.2. The zero-order chi connectivity index (χ0) is 15.5. The van der Waals surface area contributed by atoms with Gasteiger partial charge < -0.3 is 15.7 Å². The van der Waals surface area contributed by atoms with Crippen molar-refractivity contribution in [3.8, 4) is 0 Å². The average Bonchev–Trinajstić information content (AvgIpc) is 2.39. The molecule has 0 aliphatic carbocycles. The molecule has 5 nitrogen and oxygen atoms in total. The van der Waals surface area contributed by atoms with Crippen molar-refractivity contribution in [1.29, 1.82) is 0 Å². The molecule has 0 fully saturated rings. The smallest absolute Gasteiger partial charge is 0.326 e. The number of urea groups is 1. The van der Waals surface area contributed by atoms with Crippen molar-refractivity contribution in [3.05, 3.63) is 0 Å². The highest BCUT2D eigenvalue weighted by Gasteiger charge is 2.25. The fourth-order valence-electron chi connectivity index (χ4n) is 2.04. The minimum absolute atomic E-state index is 0.0678. The van der Waals surface area contributed by atoms with E-state index in [0.717, 1.165) is 12.8 Å². The molecule has 0 saturated heterocycles. The molecule has 0 heterocycles. The summed E-state index contributed by atoms with van der Waals surface area (Å²) in [6, 6.07) is -1.15. The Kier molecular flexibility index (Phi) is 9.86. The molecule has 0 rings (SSSR count). The molecular formula is C15H30N2O3. The molecule has 0 spiro atoms. The Labute approximate surface area is 122 Å². The maximum atomic E-state index is 11.8. The second-order valence-electron chi connectivity index (χ2n) is 5.57. The second kappa shape index (κ2) is 10.5. The summed E-state index contributed by atoms with van der Waals surface area (Å²) in [7, 11) is 0. The SMILES string of the molecule is CCCCCCC(C)NC(=O)NC(C(=O)O)C(C)CC. The average molecular weight is 286 g/mol. The Morgan fingerprint density at radius 2 is 1.70 bits per heavy atom. The predicted octanol–water partition coefficient (Wildman–Crippen LogP) is 3.14. The molecule has 5 heteroatoms. The minimum Gasteiger partial charge on any atom is -0.480 e. The Morgan fingerprint density at radius 1 is 1.05 bits per heavy atom. The van der Waals surface area contributed by atoms with E-state index < -0.39 is 12.0 Å². The van der Waals surface area contributed by atoms with Crippen LogP contribution in [0.3, 0.4) is 0 Å². The number of carboxylic acids is 1. The highest BCUT2D eigenvalue weighted by Crippen LogP contribution is 2.08. The molecule has 0 aliphatic rings. The number of nitrogens with one attached hydrogen (secondary N) is 2. The Morgan fingerprint density at radius 3 is 2.20 bits per heavy atom. The first kappa shape index (κ1) is 18.7. The molecule has 2 amide bonds. The number of carbonyl (C=O) groups is 2. The standard InChI is InChI=1S/C15H30N2O3/c1-5-7-8-9-10-12(4)16-15(20)17-13(14(18)19)11(3)6-2/h11-13H,5-10H2,1-4H3,(H,18,19)(H2,16,17,20). The fourth-order valence-corrected chi connectivity index (χ4v) is 2.04. The molecule has 3 unspecified atom stereocenters. The molecule has 0 radical (unpaired) electrons. The second-order valence-corrected chi connectivity index (χ2v) is 5.57. The van der Waals surface area contributed by atoms with Crippen LogP contribution in [0.4, 0.5) is 4.79 Å². The van der Waals surface area contributed by atoms with Crippen LogP contribution in [0.15, 0.2) is 0 Å². The molecule has 20 heavy (non-hydrogen) atoms. The highest BCUT2D eigenvalue weighted by molar-refractivity contribution is 5.82. The monoisotopic (exact) mass is 286 g/mol. The van der Waals surface area contributed by atoms with Crippen molar-refractivity contribution in [2.75, 3.05) is 0 Å². The molecule has 0 aromatic rings.